The van der Waals surface area contributed by atoms with Crippen LogP contribution in [0, 0.1) is 0 Å². The second kappa shape index (κ2) is 6.01. The predicted octanol–water partition coefficient (Wildman–Crippen LogP) is 4.40. The summed E-state index contributed by atoms with van der Waals surface area (Å²) >= 11 is 0. The van der Waals surface area contributed by atoms with Crippen LogP contribution in [0.2, 0.25) is 0 Å². The van der Waals surface area contributed by atoms with Gasteiger partial charge in [-0.1, -0.05) is 48.5 Å². The summed E-state index contributed by atoms with van der Waals surface area (Å²) in [5.74, 6) is 0. The van der Waals surface area contributed by atoms with E-state index >= 15 is 0 Å². The van der Waals surface area contributed by atoms with Gasteiger partial charge in [0, 0.05) is 33.0 Å². The van der Waals surface area contributed by atoms with E-state index in [2.05, 4.69) is 0 Å². The molecule has 0 saturated carbocycles. The van der Waals surface area contributed by atoms with Gasteiger partial charge in [0.05, 0.1) is 0 Å². The Morgan fingerprint density at radius 3 is 1.04 bits per heavy atom. The molecule has 0 atom stereocenters. The largest absolute Gasteiger partial charge is 0.298 e. The Labute approximate surface area is 148 Å². The van der Waals surface area contributed by atoms with Crippen LogP contribution < -0.4 is 0 Å². The van der Waals surface area contributed by atoms with Gasteiger partial charge in [-0.25, -0.2) is 0 Å². The van der Waals surface area contributed by atoms with Crippen molar-refractivity contribution in [2.75, 3.05) is 0 Å². The van der Waals surface area contributed by atoms with Gasteiger partial charge in [0.25, 0.3) is 0 Å². The van der Waals surface area contributed by atoms with Gasteiger partial charge in [-0.05, 0) is 21.5 Å². The fraction of sp³-hybridized carbons (Fsp3) is 0. The lowest BCUT2D eigenvalue weighted by molar-refractivity contribution is 0.107. The van der Waals surface area contributed by atoms with Gasteiger partial charge >= 0.3 is 0 Å². The van der Waals surface area contributed by atoms with E-state index in [0.717, 1.165) is 21.5 Å². The smallest absolute Gasteiger partial charge is 0.151 e. The second-order valence-electron chi connectivity index (χ2n) is 5.97. The molecule has 0 saturated heterocycles. The third kappa shape index (κ3) is 1.96. The monoisotopic (exact) mass is 340 g/mol. The lowest BCUT2D eigenvalue weighted by Crippen LogP contribution is -2.05. The fourth-order valence-corrected chi connectivity index (χ4v) is 3.76. The van der Waals surface area contributed by atoms with Crippen molar-refractivity contribution < 1.29 is 19.2 Å². The molecular formula is C22H12O4. The van der Waals surface area contributed by atoms with E-state index in [1.807, 2.05) is 48.5 Å². The van der Waals surface area contributed by atoms with Gasteiger partial charge in [0.1, 0.15) is 0 Å². The number of aldehydes is 4. The van der Waals surface area contributed by atoms with Gasteiger partial charge in [-0.2, -0.15) is 0 Å². The maximum absolute atomic E-state index is 11.9. The molecule has 0 fully saturated rings. The molecular weight excluding hydrogens is 328 g/mol. The molecule has 4 heteroatoms. The average Bonchev–Trinajstić information content (AvgIpc) is 2.71. The summed E-state index contributed by atoms with van der Waals surface area (Å²) in [5.41, 5.74) is 0.157. The van der Waals surface area contributed by atoms with Gasteiger partial charge in [0.2, 0.25) is 0 Å². The maximum Gasteiger partial charge on any atom is 0.151 e. The van der Waals surface area contributed by atoms with Crippen LogP contribution in [-0.4, -0.2) is 25.1 Å². The first-order valence-corrected chi connectivity index (χ1v) is 8.00. The van der Waals surface area contributed by atoms with Crippen LogP contribution in [0.1, 0.15) is 41.4 Å². The normalized spacial score (nSPS) is 10.9. The number of rotatable bonds is 4. The summed E-state index contributed by atoms with van der Waals surface area (Å²) in [7, 11) is 0. The Morgan fingerprint density at radius 1 is 0.423 bits per heavy atom. The molecule has 0 aliphatic heterocycles. The molecule has 0 spiro atoms. The van der Waals surface area contributed by atoms with Crippen molar-refractivity contribution in [1.82, 2.24) is 0 Å². The zero-order chi connectivity index (χ0) is 18.3. The third-order valence-electron chi connectivity index (χ3n) is 4.81. The summed E-state index contributed by atoms with van der Waals surface area (Å²) < 4.78 is 0. The van der Waals surface area contributed by atoms with Crippen LogP contribution in [0.3, 0.4) is 0 Å². The number of carbonyl (C=O) groups is 4. The van der Waals surface area contributed by atoms with Gasteiger partial charge in [-0.3, -0.25) is 19.2 Å². The molecule has 0 amide bonds. The summed E-state index contributed by atoms with van der Waals surface area (Å²) in [6, 6.07) is 15.0. The quantitative estimate of drug-likeness (QED) is 0.408. The summed E-state index contributed by atoms with van der Waals surface area (Å²) in [6.07, 6.45) is 2.08. The predicted molar refractivity (Wildman–Crippen MR) is 101 cm³/mol. The lowest BCUT2D eigenvalue weighted by atomic mass is 9.85. The van der Waals surface area contributed by atoms with Crippen LogP contribution in [0.4, 0.5) is 0 Å². The van der Waals surface area contributed by atoms with Gasteiger partial charge in [0.15, 0.2) is 25.1 Å². The highest BCUT2D eigenvalue weighted by Crippen LogP contribution is 2.39. The molecule has 0 aliphatic rings. The lowest BCUT2D eigenvalue weighted by Gasteiger charge is -2.16. The zero-order valence-corrected chi connectivity index (χ0v) is 13.6. The molecule has 0 unspecified atom stereocenters. The number of hydrogen-bond donors (Lipinski definition) is 0. The van der Waals surface area contributed by atoms with Crippen molar-refractivity contribution in [3.05, 3.63) is 70.8 Å². The number of hydrogen-bond acceptors (Lipinski definition) is 4. The van der Waals surface area contributed by atoms with Crippen LogP contribution in [0.25, 0.3) is 32.3 Å². The van der Waals surface area contributed by atoms with E-state index in [1.54, 1.807) is 0 Å². The molecule has 0 aromatic heterocycles. The van der Waals surface area contributed by atoms with Crippen molar-refractivity contribution in [3.8, 4) is 0 Å². The minimum atomic E-state index is -0.0509. The Balaban J connectivity index is 2.53. The van der Waals surface area contributed by atoms with Crippen LogP contribution in [0.15, 0.2) is 48.5 Å². The Bertz CT molecular complexity index is 1150. The molecule has 0 aliphatic carbocycles. The molecule has 0 N–H and O–H groups in total. The van der Waals surface area contributed by atoms with Crippen molar-refractivity contribution in [2.45, 2.75) is 0 Å². The van der Waals surface area contributed by atoms with Crippen LogP contribution in [-0.2, 0) is 0 Å². The second-order valence-corrected chi connectivity index (χ2v) is 5.97. The number of fused-ring (bicyclic) bond motifs is 6. The molecule has 124 valence electrons. The molecule has 26 heavy (non-hydrogen) atoms. The third-order valence-corrected chi connectivity index (χ3v) is 4.81. The average molecular weight is 340 g/mol. The van der Waals surface area contributed by atoms with Crippen molar-refractivity contribution >= 4 is 57.5 Å². The summed E-state index contributed by atoms with van der Waals surface area (Å²) in [4.78, 5) is 47.1. The SMILES string of the molecule is O=Cc1c(C=O)c(C=O)c2c3ccccc3c3ccccc3c2c1C=O. The summed E-state index contributed by atoms with van der Waals surface area (Å²) in [6.45, 7) is 0. The van der Waals surface area contributed by atoms with Gasteiger partial charge < -0.3 is 0 Å². The first-order valence-electron chi connectivity index (χ1n) is 8.00. The van der Waals surface area contributed by atoms with E-state index in [-0.39, 0.29) is 22.3 Å². The Kier molecular flexibility index (Phi) is 3.66. The highest BCUT2D eigenvalue weighted by Gasteiger charge is 2.22. The Hall–Kier alpha value is -3.66. The molecule has 0 heterocycles. The van der Waals surface area contributed by atoms with Crippen molar-refractivity contribution in [3.63, 3.8) is 0 Å². The Morgan fingerprint density at radius 2 is 0.731 bits per heavy atom. The molecule has 0 bridgehead atoms. The summed E-state index contributed by atoms with van der Waals surface area (Å²) in [5, 5.41) is 4.37. The van der Waals surface area contributed by atoms with E-state index in [1.165, 1.54) is 0 Å². The van der Waals surface area contributed by atoms with E-state index in [9.17, 15) is 19.2 Å². The topological polar surface area (TPSA) is 68.3 Å². The van der Waals surface area contributed by atoms with E-state index in [4.69, 9.17) is 0 Å². The van der Waals surface area contributed by atoms with Crippen molar-refractivity contribution in [1.29, 1.82) is 0 Å². The molecule has 4 aromatic rings. The molecule has 4 rings (SSSR count). The molecule has 4 nitrogen and oxygen atoms in total. The van der Waals surface area contributed by atoms with E-state index in [0.29, 0.717) is 35.9 Å². The zero-order valence-electron chi connectivity index (χ0n) is 13.6. The highest BCUT2D eigenvalue weighted by molar-refractivity contribution is 6.33. The standard InChI is InChI=1S/C22H12O4/c23-9-17-18(10-24)20(12-26)22-16-8-4-2-6-14(16)13-5-1-3-7-15(13)21(22)19(17)11-25/h1-12H. The highest BCUT2D eigenvalue weighted by atomic mass is 16.1. The van der Waals surface area contributed by atoms with Gasteiger partial charge in [-0.15, -0.1) is 0 Å². The number of carbonyl (C=O) groups excluding carboxylic acids is 4. The first kappa shape index (κ1) is 15.8. The fourth-order valence-electron chi connectivity index (χ4n) is 3.76. The van der Waals surface area contributed by atoms with Crippen LogP contribution >= 0.6 is 0 Å². The molecule has 4 aromatic carbocycles. The maximum atomic E-state index is 11.9. The first-order chi connectivity index (χ1) is 12.8. The minimum absolute atomic E-state index is 0.0509. The molecule has 0 radical (unpaired) electrons. The number of benzene rings is 4. The van der Waals surface area contributed by atoms with Crippen molar-refractivity contribution in [2.24, 2.45) is 0 Å². The minimum Gasteiger partial charge on any atom is -0.298 e. The van der Waals surface area contributed by atoms with E-state index < -0.39 is 0 Å². The van der Waals surface area contributed by atoms with Crippen LogP contribution in [0.5, 0.6) is 0 Å².